The van der Waals surface area contributed by atoms with Gasteiger partial charge in [0.15, 0.2) is 0 Å². The predicted octanol–water partition coefficient (Wildman–Crippen LogP) is 6.23. The topological polar surface area (TPSA) is 38.7 Å². The molecule has 0 bridgehead atoms. The summed E-state index contributed by atoms with van der Waals surface area (Å²) in [6.45, 7) is 10.2. The minimum Gasteiger partial charge on any atom is -0.491 e. The van der Waals surface area contributed by atoms with Gasteiger partial charge in [-0.15, -0.1) is 11.6 Å². The van der Waals surface area contributed by atoms with Gasteiger partial charge in [-0.1, -0.05) is 64.1 Å². The van der Waals surface area contributed by atoms with Gasteiger partial charge in [-0.3, -0.25) is 0 Å². The molecule has 0 heterocycles. The van der Waals surface area contributed by atoms with Crippen molar-refractivity contribution in [1.82, 2.24) is 0 Å². The highest BCUT2D eigenvalue weighted by atomic mass is 35.5. The molecule has 2 aromatic carbocycles. The highest BCUT2D eigenvalue weighted by molar-refractivity contribution is 6.17. The van der Waals surface area contributed by atoms with Gasteiger partial charge in [0.05, 0.1) is 19.8 Å². The van der Waals surface area contributed by atoms with Gasteiger partial charge in [0, 0.05) is 5.88 Å². The van der Waals surface area contributed by atoms with Crippen LogP contribution >= 0.6 is 11.6 Å². The van der Waals surface area contributed by atoms with Crippen molar-refractivity contribution < 1.29 is 14.6 Å². The number of rotatable bonds is 11. The molecule has 0 aliphatic rings. The molecule has 0 spiro atoms. The van der Waals surface area contributed by atoms with Crippen molar-refractivity contribution in [2.75, 3.05) is 26.4 Å². The lowest BCUT2D eigenvalue weighted by Gasteiger charge is -2.17. The summed E-state index contributed by atoms with van der Waals surface area (Å²) in [4.78, 5) is 0. The first-order valence-electron chi connectivity index (χ1n) is 10.3. The van der Waals surface area contributed by atoms with Crippen molar-refractivity contribution in [1.29, 1.82) is 0 Å². The molecule has 2 rings (SSSR count). The fourth-order valence-electron chi connectivity index (χ4n) is 3.31. The van der Waals surface area contributed by atoms with E-state index in [4.69, 9.17) is 26.2 Å². The summed E-state index contributed by atoms with van der Waals surface area (Å²) < 4.78 is 10.9. The first-order valence-corrected chi connectivity index (χ1v) is 10.8. The number of halogens is 1. The number of alkyl halides is 1. The number of aliphatic hydroxyl groups excluding tert-OH is 1. The third kappa shape index (κ3) is 6.88. The van der Waals surface area contributed by atoms with Crippen molar-refractivity contribution in [3.8, 4) is 5.75 Å². The molecule has 29 heavy (non-hydrogen) atoms. The summed E-state index contributed by atoms with van der Waals surface area (Å²) >= 11 is 6.21. The van der Waals surface area contributed by atoms with Gasteiger partial charge in [0.2, 0.25) is 0 Å². The Hall–Kier alpha value is -1.81. The molecule has 0 unspecified atom stereocenters. The van der Waals surface area contributed by atoms with Gasteiger partial charge >= 0.3 is 0 Å². The predicted molar refractivity (Wildman–Crippen MR) is 123 cm³/mol. The Labute approximate surface area is 180 Å². The van der Waals surface area contributed by atoms with E-state index in [0.717, 1.165) is 16.9 Å². The number of ether oxygens (including phenoxy) is 2. The fourth-order valence-corrected chi connectivity index (χ4v) is 3.54. The van der Waals surface area contributed by atoms with E-state index in [2.05, 4.69) is 58.0 Å². The molecule has 0 radical (unpaired) electrons. The highest BCUT2D eigenvalue weighted by Gasteiger charge is 2.11. The maximum atomic E-state index is 8.72. The molecular formula is C25H33ClO3. The van der Waals surface area contributed by atoms with Gasteiger partial charge in [-0.25, -0.2) is 0 Å². The van der Waals surface area contributed by atoms with Crippen LogP contribution in [0.15, 0.2) is 36.4 Å². The summed E-state index contributed by atoms with van der Waals surface area (Å²) in [7, 11) is 0. The Bertz CT molecular complexity index is 770. The molecule has 3 nitrogen and oxygen atoms in total. The second kappa shape index (κ2) is 12.0. The van der Waals surface area contributed by atoms with E-state index < -0.39 is 0 Å². The molecule has 0 aliphatic heterocycles. The maximum Gasteiger partial charge on any atom is 0.119 e. The minimum absolute atomic E-state index is 0.0237. The summed E-state index contributed by atoms with van der Waals surface area (Å²) in [5, 5.41) is 8.72. The Balaban J connectivity index is 2.22. The number of hydrogen-bond acceptors (Lipinski definition) is 3. The largest absolute Gasteiger partial charge is 0.491 e. The summed E-state index contributed by atoms with van der Waals surface area (Å²) in [6.07, 6.45) is 4.37. The van der Waals surface area contributed by atoms with Crippen LogP contribution in [0, 0.1) is 0 Å². The lowest BCUT2D eigenvalue weighted by atomic mass is 9.88. The lowest BCUT2D eigenvalue weighted by Crippen LogP contribution is -2.09. The van der Waals surface area contributed by atoms with Crippen molar-refractivity contribution in [3.05, 3.63) is 64.2 Å². The maximum absolute atomic E-state index is 8.72. The molecule has 2 aromatic rings. The molecule has 0 amide bonds. The Kier molecular flexibility index (Phi) is 9.72. The molecule has 0 fully saturated rings. The molecule has 1 N–H and O–H groups in total. The summed E-state index contributed by atoms with van der Waals surface area (Å²) in [5.74, 6) is 2.12. The van der Waals surface area contributed by atoms with E-state index in [1.54, 1.807) is 0 Å². The zero-order valence-electron chi connectivity index (χ0n) is 18.0. The molecule has 0 saturated carbocycles. The molecule has 158 valence electrons. The van der Waals surface area contributed by atoms with Crippen molar-refractivity contribution >= 4 is 23.8 Å². The zero-order valence-corrected chi connectivity index (χ0v) is 18.7. The van der Waals surface area contributed by atoms with Crippen molar-refractivity contribution in [2.24, 2.45) is 0 Å². The van der Waals surface area contributed by atoms with Gasteiger partial charge in [-0.05, 0) is 51.8 Å². The van der Waals surface area contributed by atoms with E-state index in [0.29, 0.717) is 37.5 Å². The van der Waals surface area contributed by atoms with Gasteiger partial charge < -0.3 is 14.6 Å². The van der Waals surface area contributed by atoms with E-state index >= 15 is 0 Å². The molecule has 0 aliphatic carbocycles. The van der Waals surface area contributed by atoms with Crippen LogP contribution in [-0.2, 0) is 10.6 Å². The number of aliphatic hydroxyl groups is 1. The monoisotopic (exact) mass is 416 g/mol. The molecule has 0 saturated heterocycles. The lowest BCUT2D eigenvalue weighted by molar-refractivity contribution is 0.0705. The van der Waals surface area contributed by atoms with Crippen molar-refractivity contribution in [2.45, 2.75) is 45.4 Å². The average Bonchev–Trinajstić information content (AvgIpc) is 2.71. The Morgan fingerprint density at radius 1 is 0.931 bits per heavy atom. The fraction of sp³-hybridized carbons (Fsp3) is 0.440. The van der Waals surface area contributed by atoms with Crippen LogP contribution in [0.1, 0.15) is 67.3 Å². The third-order valence-corrected chi connectivity index (χ3v) is 5.13. The SMILES string of the molecule is CC(C)c1cccc(C(C)C)c1/C=C/c1ccc(OCCOCCO)cc1CCl. The standard InChI is InChI=1S/C25H33ClO3/c1-18(2)23-6-5-7-24(19(3)4)25(23)11-9-20-8-10-22(16-21(20)17-26)29-15-14-28-13-12-27/h5-11,16,18-19,27H,12-15,17H2,1-4H3/b11-9+. The molecular weight excluding hydrogens is 384 g/mol. The number of benzene rings is 2. The van der Waals surface area contributed by atoms with Gasteiger partial charge in [0.25, 0.3) is 0 Å². The smallest absolute Gasteiger partial charge is 0.119 e. The van der Waals surface area contributed by atoms with Crippen LogP contribution in [0.5, 0.6) is 5.75 Å². The quantitative estimate of drug-likeness (QED) is 0.268. The van der Waals surface area contributed by atoms with Crippen LogP contribution < -0.4 is 4.74 Å². The van der Waals surface area contributed by atoms with E-state index in [1.807, 2.05) is 18.2 Å². The van der Waals surface area contributed by atoms with Gasteiger partial charge in [-0.2, -0.15) is 0 Å². The van der Waals surface area contributed by atoms with Crippen molar-refractivity contribution in [3.63, 3.8) is 0 Å². The summed E-state index contributed by atoms with van der Waals surface area (Å²) in [6, 6.07) is 12.6. The highest BCUT2D eigenvalue weighted by Crippen LogP contribution is 2.30. The third-order valence-electron chi connectivity index (χ3n) is 4.84. The number of hydrogen-bond donors (Lipinski definition) is 1. The van der Waals surface area contributed by atoms with Gasteiger partial charge in [0.1, 0.15) is 12.4 Å². The van der Waals surface area contributed by atoms with Crippen LogP contribution in [0.3, 0.4) is 0 Å². The minimum atomic E-state index is 0.0237. The van der Waals surface area contributed by atoms with Crippen LogP contribution in [0.2, 0.25) is 0 Å². The Morgan fingerprint density at radius 2 is 1.62 bits per heavy atom. The normalized spacial score (nSPS) is 11.7. The average molecular weight is 417 g/mol. The van der Waals surface area contributed by atoms with E-state index in [-0.39, 0.29) is 6.61 Å². The van der Waals surface area contributed by atoms with Crippen LogP contribution in [0.4, 0.5) is 0 Å². The zero-order chi connectivity index (χ0) is 21.2. The first-order chi connectivity index (χ1) is 14.0. The molecule has 4 heteroatoms. The van der Waals surface area contributed by atoms with Crippen LogP contribution in [-0.4, -0.2) is 31.5 Å². The molecule has 0 aromatic heterocycles. The second-order valence-corrected chi connectivity index (χ2v) is 7.94. The van der Waals surface area contributed by atoms with E-state index in [1.165, 1.54) is 16.7 Å². The van der Waals surface area contributed by atoms with Crippen LogP contribution in [0.25, 0.3) is 12.2 Å². The second-order valence-electron chi connectivity index (χ2n) is 7.67. The first kappa shape index (κ1) is 23.5. The Morgan fingerprint density at radius 3 is 2.21 bits per heavy atom. The molecule has 0 atom stereocenters. The van der Waals surface area contributed by atoms with E-state index in [9.17, 15) is 0 Å². The summed E-state index contributed by atoms with van der Waals surface area (Å²) in [5.41, 5.74) is 6.16.